The minimum atomic E-state index is -0.954. The average Bonchev–Trinajstić information content (AvgIpc) is 2.47. The third-order valence-corrected chi connectivity index (χ3v) is 1.99. The molecule has 4 heteroatoms. The molecular formula is C9H9BrO3. The highest BCUT2D eigenvalue weighted by Gasteiger charge is 2.06. The maximum Gasteiger partial charge on any atom is 0.328 e. The summed E-state index contributed by atoms with van der Waals surface area (Å²) in [7, 11) is 0. The predicted octanol–water partition coefficient (Wildman–Crippen LogP) is 2.92. The van der Waals surface area contributed by atoms with Crippen molar-refractivity contribution in [1.29, 1.82) is 0 Å². The van der Waals surface area contributed by atoms with E-state index in [1.54, 1.807) is 12.1 Å². The lowest BCUT2D eigenvalue weighted by atomic mass is 10.1. The second kappa shape index (κ2) is 4.28. The van der Waals surface area contributed by atoms with Crippen LogP contribution in [0.15, 0.2) is 27.3 Å². The fourth-order valence-electron chi connectivity index (χ4n) is 0.983. The molecule has 0 aliphatic carbocycles. The van der Waals surface area contributed by atoms with Crippen molar-refractivity contribution in [2.75, 3.05) is 0 Å². The Morgan fingerprint density at radius 2 is 2.38 bits per heavy atom. The Labute approximate surface area is 84.2 Å². The Balaban J connectivity index is 2.97. The van der Waals surface area contributed by atoms with E-state index >= 15 is 0 Å². The Morgan fingerprint density at radius 1 is 1.69 bits per heavy atom. The largest absolute Gasteiger partial charge is 0.478 e. The zero-order chi connectivity index (χ0) is 9.84. The summed E-state index contributed by atoms with van der Waals surface area (Å²) in [4.78, 5) is 10.4. The van der Waals surface area contributed by atoms with Gasteiger partial charge in [-0.05, 0) is 34.5 Å². The maximum absolute atomic E-state index is 10.4. The van der Waals surface area contributed by atoms with Crippen LogP contribution >= 0.6 is 15.9 Å². The van der Waals surface area contributed by atoms with Crippen LogP contribution in [0.1, 0.15) is 19.1 Å². The van der Waals surface area contributed by atoms with Crippen LogP contribution in [0.4, 0.5) is 0 Å². The normalized spacial score (nSPS) is 11.7. The molecule has 0 saturated carbocycles. The van der Waals surface area contributed by atoms with Crippen molar-refractivity contribution < 1.29 is 14.3 Å². The van der Waals surface area contributed by atoms with Crippen LogP contribution in [-0.2, 0) is 4.79 Å². The number of hydrogen-bond donors (Lipinski definition) is 1. The number of rotatable bonds is 3. The van der Waals surface area contributed by atoms with Gasteiger partial charge >= 0.3 is 5.97 Å². The first-order valence-corrected chi connectivity index (χ1v) is 4.62. The molecule has 0 bridgehead atoms. The number of aliphatic carboxylic acids is 1. The molecule has 0 fully saturated rings. The van der Waals surface area contributed by atoms with Crippen LogP contribution in [0.2, 0.25) is 0 Å². The highest BCUT2D eigenvalue weighted by Crippen LogP contribution is 2.23. The summed E-state index contributed by atoms with van der Waals surface area (Å²) in [5.41, 5.74) is 0.679. The zero-order valence-electron chi connectivity index (χ0n) is 7.08. The number of carbonyl (C=O) groups is 1. The van der Waals surface area contributed by atoms with E-state index in [1.807, 2.05) is 6.92 Å². The van der Waals surface area contributed by atoms with Crippen molar-refractivity contribution in [3.8, 4) is 0 Å². The summed E-state index contributed by atoms with van der Waals surface area (Å²) < 4.78 is 5.83. The summed E-state index contributed by atoms with van der Waals surface area (Å²) in [6, 6.07) is 3.48. The van der Waals surface area contributed by atoms with Gasteiger partial charge in [-0.25, -0.2) is 4.79 Å². The Morgan fingerprint density at radius 3 is 2.77 bits per heavy atom. The van der Waals surface area contributed by atoms with Gasteiger partial charge in [0.2, 0.25) is 0 Å². The monoisotopic (exact) mass is 244 g/mol. The first kappa shape index (κ1) is 10.1. The number of allylic oxidation sites excluding steroid dienone is 1. The zero-order valence-corrected chi connectivity index (χ0v) is 8.67. The number of halogens is 1. The van der Waals surface area contributed by atoms with Gasteiger partial charge in [-0.3, -0.25) is 0 Å². The van der Waals surface area contributed by atoms with E-state index in [2.05, 4.69) is 15.9 Å². The van der Waals surface area contributed by atoms with E-state index in [-0.39, 0.29) is 0 Å². The molecule has 0 radical (unpaired) electrons. The molecular weight excluding hydrogens is 236 g/mol. The number of carboxylic acids is 1. The number of furan rings is 1. The van der Waals surface area contributed by atoms with Crippen molar-refractivity contribution in [2.45, 2.75) is 13.3 Å². The predicted molar refractivity (Wildman–Crippen MR) is 52.3 cm³/mol. The summed E-state index contributed by atoms with van der Waals surface area (Å²) in [5.74, 6) is -0.360. The third-order valence-electron chi connectivity index (χ3n) is 1.57. The lowest BCUT2D eigenvalue weighted by Gasteiger charge is -1.97. The standard InChI is InChI=1S/C9H9BrO3/c1-2-6(5-9(11)12)7-3-4-8(10)13-7/h3-5H,2H2,1H3,(H,11,12)/b6-5+. The molecule has 0 atom stereocenters. The second-order valence-corrected chi connectivity index (χ2v) is 3.25. The van der Waals surface area contributed by atoms with Crippen LogP contribution < -0.4 is 0 Å². The molecule has 0 amide bonds. The molecule has 0 spiro atoms. The fraction of sp³-hybridized carbons (Fsp3) is 0.222. The topological polar surface area (TPSA) is 50.4 Å². The van der Waals surface area contributed by atoms with Gasteiger partial charge in [0.25, 0.3) is 0 Å². The molecule has 0 aliphatic rings. The molecule has 13 heavy (non-hydrogen) atoms. The van der Waals surface area contributed by atoms with Gasteiger partial charge in [-0.15, -0.1) is 0 Å². The minimum Gasteiger partial charge on any atom is -0.478 e. The van der Waals surface area contributed by atoms with Gasteiger partial charge in [-0.2, -0.15) is 0 Å². The van der Waals surface area contributed by atoms with Gasteiger partial charge in [0.05, 0.1) is 0 Å². The average molecular weight is 245 g/mol. The molecule has 1 N–H and O–H groups in total. The Hall–Kier alpha value is -1.03. The van der Waals surface area contributed by atoms with Gasteiger partial charge < -0.3 is 9.52 Å². The first-order chi connectivity index (χ1) is 6.13. The molecule has 1 aromatic heterocycles. The molecule has 1 rings (SSSR count). The van der Waals surface area contributed by atoms with Crippen molar-refractivity contribution in [2.24, 2.45) is 0 Å². The summed E-state index contributed by atoms with van der Waals surface area (Å²) in [6.07, 6.45) is 1.79. The van der Waals surface area contributed by atoms with E-state index < -0.39 is 5.97 Å². The van der Waals surface area contributed by atoms with E-state index in [0.717, 1.165) is 6.08 Å². The van der Waals surface area contributed by atoms with Crippen LogP contribution in [0.5, 0.6) is 0 Å². The van der Waals surface area contributed by atoms with E-state index in [4.69, 9.17) is 9.52 Å². The molecule has 70 valence electrons. The number of hydrogen-bond acceptors (Lipinski definition) is 2. The van der Waals surface area contributed by atoms with Crippen LogP contribution in [0, 0.1) is 0 Å². The fourth-order valence-corrected chi connectivity index (χ4v) is 1.29. The smallest absolute Gasteiger partial charge is 0.328 e. The third kappa shape index (κ3) is 2.73. The minimum absolute atomic E-state index is 0.594. The van der Waals surface area contributed by atoms with Gasteiger partial charge in [-0.1, -0.05) is 6.92 Å². The first-order valence-electron chi connectivity index (χ1n) is 3.82. The molecule has 1 aromatic rings. The number of carboxylic acid groups (broad SMARTS) is 1. The van der Waals surface area contributed by atoms with Crippen molar-refractivity contribution >= 4 is 27.5 Å². The lowest BCUT2D eigenvalue weighted by molar-refractivity contribution is -0.131. The van der Waals surface area contributed by atoms with Crippen molar-refractivity contribution in [1.82, 2.24) is 0 Å². The van der Waals surface area contributed by atoms with E-state index in [1.165, 1.54) is 0 Å². The summed E-state index contributed by atoms with van der Waals surface area (Å²) >= 11 is 3.15. The molecule has 0 saturated heterocycles. The summed E-state index contributed by atoms with van der Waals surface area (Å²) in [5, 5.41) is 8.55. The SMILES string of the molecule is CC/C(=C\C(=O)O)c1ccc(Br)o1. The summed E-state index contributed by atoms with van der Waals surface area (Å²) in [6.45, 7) is 1.88. The van der Waals surface area contributed by atoms with Crippen LogP contribution in [0.25, 0.3) is 5.57 Å². The molecule has 0 aliphatic heterocycles. The van der Waals surface area contributed by atoms with Crippen LogP contribution in [0.3, 0.4) is 0 Å². The lowest BCUT2D eigenvalue weighted by Crippen LogP contribution is -1.90. The maximum atomic E-state index is 10.4. The molecule has 0 aromatic carbocycles. The molecule has 3 nitrogen and oxygen atoms in total. The Kier molecular flexibility index (Phi) is 3.31. The highest BCUT2D eigenvalue weighted by atomic mass is 79.9. The van der Waals surface area contributed by atoms with Crippen LogP contribution in [-0.4, -0.2) is 11.1 Å². The van der Waals surface area contributed by atoms with Gasteiger partial charge in [0.1, 0.15) is 5.76 Å². The van der Waals surface area contributed by atoms with Gasteiger partial charge in [0.15, 0.2) is 4.67 Å². The molecule has 0 unspecified atom stereocenters. The van der Waals surface area contributed by atoms with Gasteiger partial charge in [0, 0.05) is 11.6 Å². The molecule has 1 heterocycles. The quantitative estimate of drug-likeness (QED) is 0.833. The van der Waals surface area contributed by atoms with Crippen molar-refractivity contribution in [3.63, 3.8) is 0 Å². The van der Waals surface area contributed by atoms with E-state index in [0.29, 0.717) is 22.4 Å². The highest BCUT2D eigenvalue weighted by molar-refractivity contribution is 9.10. The Bertz CT molecular complexity index is 338. The second-order valence-electron chi connectivity index (χ2n) is 2.47. The van der Waals surface area contributed by atoms with Crippen molar-refractivity contribution in [3.05, 3.63) is 28.6 Å². The van der Waals surface area contributed by atoms with E-state index in [9.17, 15) is 4.79 Å².